The molecule has 0 bridgehead atoms. The third-order valence-corrected chi connectivity index (χ3v) is 1.55. The molecule has 0 aliphatic carbocycles. The predicted octanol–water partition coefficient (Wildman–Crippen LogP) is -3.03. The first kappa shape index (κ1) is 23.1. The standard InChI is InChI=1S/C5H14NO7P.2Na.2H/c7-1-3-12-6(13-4-2-8)5-14(9,10)11;;;;/h7-8H,1-5H2,(H2,9,10,11);;;;. The molecule has 8 nitrogen and oxygen atoms in total. The summed E-state index contributed by atoms with van der Waals surface area (Å²) < 4.78 is 10.5. The van der Waals surface area contributed by atoms with Gasteiger partial charge in [-0.15, -0.1) is 0 Å². The van der Waals surface area contributed by atoms with Gasteiger partial charge in [0.1, 0.15) is 0 Å². The van der Waals surface area contributed by atoms with Crippen molar-refractivity contribution in [2.75, 3.05) is 32.7 Å². The van der Waals surface area contributed by atoms with Crippen LogP contribution in [0, 0.1) is 0 Å². The van der Waals surface area contributed by atoms with Crippen LogP contribution in [0.3, 0.4) is 0 Å². The summed E-state index contributed by atoms with van der Waals surface area (Å²) in [6.45, 7) is -0.906. The van der Waals surface area contributed by atoms with E-state index in [1.54, 1.807) is 0 Å². The Balaban J connectivity index is -0.000000845. The summed E-state index contributed by atoms with van der Waals surface area (Å²) >= 11 is 0. The molecule has 0 spiro atoms. The van der Waals surface area contributed by atoms with E-state index in [1.807, 2.05) is 0 Å². The van der Waals surface area contributed by atoms with Crippen LogP contribution in [0.2, 0.25) is 0 Å². The van der Waals surface area contributed by atoms with E-state index in [4.69, 9.17) is 20.0 Å². The molecular weight excluding hydrogens is 263 g/mol. The molecule has 0 unspecified atom stereocenters. The van der Waals surface area contributed by atoms with Crippen molar-refractivity contribution in [2.24, 2.45) is 0 Å². The van der Waals surface area contributed by atoms with Gasteiger partial charge in [0.2, 0.25) is 0 Å². The van der Waals surface area contributed by atoms with Crippen LogP contribution in [-0.2, 0) is 14.2 Å². The first-order chi connectivity index (χ1) is 6.49. The van der Waals surface area contributed by atoms with Crippen molar-refractivity contribution in [3.8, 4) is 0 Å². The van der Waals surface area contributed by atoms with E-state index in [2.05, 4.69) is 9.68 Å². The van der Waals surface area contributed by atoms with Crippen LogP contribution in [0.4, 0.5) is 0 Å². The molecule has 11 heteroatoms. The number of hydroxylamine groups is 2. The van der Waals surface area contributed by atoms with Gasteiger partial charge in [0.25, 0.3) is 0 Å². The Hall–Kier alpha value is 1.95. The number of rotatable bonds is 8. The molecule has 0 saturated heterocycles. The maximum absolute atomic E-state index is 10.5. The first-order valence-corrected chi connectivity index (χ1v) is 5.59. The van der Waals surface area contributed by atoms with Crippen molar-refractivity contribution in [1.29, 1.82) is 0 Å². The van der Waals surface area contributed by atoms with Crippen LogP contribution in [0.5, 0.6) is 0 Å². The van der Waals surface area contributed by atoms with Crippen molar-refractivity contribution < 1.29 is 34.2 Å². The molecule has 0 saturated carbocycles. The monoisotopic (exact) mass is 279 g/mol. The Kier molecular flexibility index (Phi) is 19.3. The quantitative estimate of drug-likeness (QED) is 0.210. The zero-order chi connectivity index (χ0) is 11.0. The second-order valence-corrected chi connectivity index (χ2v) is 3.86. The van der Waals surface area contributed by atoms with E-state index in [-0.39, 0.29) is 85.5 Å². The molecule has 0 aromatic rings. The van der Waals surface area contributed by atoms with Crippen LogP contribution in [0.1, 0.15) is 0 Å². The minimum atomic E-state index is -4.29. The summed E-state index contributed by atoms with van der Waals surface area (Å²) in [7, 11) is -4.29. The normalized spacial score (nSPS) is 10.8. The maximum atomic E-state index is 10.5. The Bertz CT molecular complexity index is 184. The average molecular weight is 279 g/mol. The van der Waals surface area contributed by atoms with Crippen molar-refractivity contribution in [3.05, 3.63) is 0 Å². The van der Waals surface area contributed by atoms with Gasteiger partial charge < -0.3 is 20.0 Å². The van der Waals surface area contributed by atoms with Gasteiger partial charge in [-0.25, -0.2) is 0 Å². The fourth-order valence-electron chi connectivity index (χ4n) is 0.555. The summed E-state index contributed by atoms with van der Waals surface area (Å²) in [5, 5.41) is 17.3. The number of aliphatic hydroxyl groups excluding tert-OH is 2. The van der Waals surface area contributed by atoms with E-state index >= 15 is 0 Å². The third-order valence-electron chi connectivity index (χ3n) is 0.953. The van der Waals surface area contributed by atoms with Gasteiger partial charge in [-0.2, -0.15) is 0 Å². The summed E-state index contributed by atoms with van der Waals surface area (Å²) in [5.74, 6) is 0. The Morgan fingerprint density at radius 2 is 1.38 bits per heavy atom. The Labute approximate surface area is 138 Å². The zero-order valence-corrected chi connectivity index (χ0v) is 8.34. The molecule has 0 aliphatic rings. The SMILES string of the molecule is O=P(O)(O)CN(OCCO)OCCO.[NaH].[NaH]. The van der Waals surface area contributed by atoms with E-state index in [0.29, 0.717) is 5.23 Å². The Morgan fingerprint density at radius 3 is 1.62 bits per heavy atom. The molecule has 0 rings (SSSR count). The van der Waals surface area contributed by atoms with Gasteiger partial charge >= 0.3 is 66.7 Å². The molecule has 90 valence electrons. The van der Waals surface area contributed by atoms with Gasteiger partial charge in [-0.05, 0) is 0 Å². The van der Waals surface area contributed by atoms with Gasteiger partial charge in [-0.3, -0.25) is 14.2 Å². The topological polar surface area (TPSA) is 120 Å². The summed E-state index contributed by atoms with van der Waals surface area (Å²) in [5.41, 5.74) is 0. The molecule has 0 amide bonds. The number of hydrogen-bond acceptors (Lipinski definition) is 6. The predicted molar refractivity (Wildman–Crippen MR) is 59.1 cm³/mol. The van der Waals surface area contributed by atoms with E-state index < -0.39 is 13.9 Å². The van der Waals surface area contributed by atoms with Crippen LogP contribution < -0.4 is 0 Å². The van der Waals surface area contributed by atoms with Gasteiger partial charge in [-0.1, -0.05) is 5.23 Å². The molecular formula is C5H16NNa2O7P. The fraction of sp³-hybridized carbons (Fsp3) is 1.00. The zero-order valence-electron chi connectivity index (χ0n) is 7.44. The van der Waals surface area contributed by atoms with Crippen molar-refractivity contribution in [3.63, 3.8) is 0 Å². The second kappa shape index (κ2) is 13.4. The third kappa shape index (κ3) is 16.0. The summed E-state index contributed by atoms with van der Waals surface area (Å²) in [6.07, 6.45) is -0.757. The van der Waals surface area contributed by atoms with Gasteiger partial charge in [0.15, 0.2) is 6.29 Å². The summed E-state index contributed by atoms with van der Waals surface area (Å²) in [4.78, 5) is 26.4. The second-order valence-electron chi connectivity index (χ2n) is 2.25. The molecule has 0 aromatic heterocycles. The summed E-state index contributed by atoms with van der Waals surface area (Å²) in [6, 6.07) is 0. The van der Waals surface area contributed by atoms with Crippen LogP contribution in [0.25, 0.3) is 0 Å². The number of aliphatic hydroxyl groups is 2. The minimum absolute atomic E-state index is 0. The molecule has 4 N–H and O–H groups in total. The van der Waals surface area contributed by atoms with E-state index in [1.165, 1.54) is 0 Å². The Morgan fingerprint density at radius 1 is 1.00 bits per heavy atom. The van der Waals surface area contributed by atoms with Crippen LogP contribution in [0.15, 0.2) is 0 Å². The van der Waals surface area contributed by atoms with Crippen molar-refractivity contribution in [1.82, 2.24) is 5.23 Å². The van der Waals surface area contributed by atoms with E-state index in [9.17, 15) is 4.57 Å². The van der Waals surface area contributed by atoms with Crippen molar-refractivity contribution >= 4 is 66.7 Å². The van der Waals surface area contributed by atoms with Crippen LogP contribution >= 0.6 is 7.60 Å². The van der Waals surface area contributed by atoms with Crippen LogP contribution in [-0.4, -0.2) is 117 Å². The van der Waals surface area contributed by atoms with Gasteiger partial charge in [0.05, 0.1) is 26.4 Å². The molecule has 0 atom stereocenters. The molecule has 0 aromatic carbocycles. The van der Waals surface area contributed by atoms with Crippen molar-refractivity contribution in [2.45, 2.75) is 0 Å². The average Bonchev–Trinajstić information content (AvgIpc) is 2.07. The van der Waals surface area contributed by atoms with Gasteiger partial charge in [0, 0.05) is 0 Å². The molecule has 16 heavy (non-hydrogen) atoms. The molecule has 0 fully saturated rings. The first-order valence-electron chi connectivity index (χ1n) is 3.79. The molecule has 0 radical (unpaired) electrons. The fourth-order valence-corrected chi connectivity index (χ4v) is 1.02. The number of nitrogens with zero attached hydrogens (tertiary/aromatic N) is 1. The number of hydrogen-bond donors (Lipinski definition) is 4. The molecule has 0 heterocycles. The van der Waals surface area contributed by atoms with E-state index in [0.717, 1.165) is 0 Å². The molecule has 0 aliphatic heterocycles.